The molecule has 0 fully saturated rings. The summed E-state index contributed by atoms with van der Waals surface area (Å²) in [6, 6.07) is 15.0. The van der Waals surface area contributed by atoms with Crippen molar-refractivity contribution in [3.8, 4) is 0 Å². The second-order valence-corrected chi connectivity index (χ2v) is 10.3. The van der Waals surface area contributed by atoms with Crippen LogP contribution in [0, 0.1) is 0 Å². The highest BCUT2D eigenvalue weighted by Crippen LogP contribution is 2.28. The normalized spacial score (nSPS) is 14.1. The minimum atomic E-state index is -3.73. The molecule has 1 aliphatic heterocycles. The van der Waals surface area contributed by atoms with Crippen LogP contribution in [0.4, 0.5) is 10.8 Å². The lowest BCUT2D eigenvalue weighted by Crippen LogP contribution is -2.30. The number of para-hydroxylation sites is 1. The molecule has 162 valence electrons. The van der Waals surface area contributed by atoms with E-state index in [0.717, 1.165) is 25.2 Å². The Bertz CT molecular complexity index is 1180. The monoisotopic (exact) mass is 456 g/mol. The van der Waals surface area contributed by atoms with Gasteiger partial charge in [-0.1, -0.05) is 18.2 Å². The van der Waals surface area contributed by atoms with E-state index in [9.17, 15) is 13.2 Å². The maximum absolute atomic E-state index is 13.1. The fourth-order valence-electron chi connectivity index (χ4n) is 3.54. The summed E-state index contributed by atoms with van der Waals surface area (Å²) in [7, 11) is -1.66. The number of carbonyl (C=O) groups excluding carboxylic acids is 1. The van der Waals surface area contributed by atoms with Gasteiger partial charge in [0.1, 0.15) is 0 Å². The molecule has 1 amide bonds. The van der Waals surface area contributed by atoms with Crippen molar-refractivity contribution in [2.75, 3.05) is 29.8 Å². The Hall–Kier alpha value is -2.75. The number of aromatic nitrogens is 1. The van der Waals surface area contributed by atoms with Crippen molar-refractivity contribution in [2.45, 2.75) is 24.8 Å². The average Bonchev–Trinajstić information content (AvgIpc) is 3.16. The summed E-state index contributed by atoms with van der Waals surface area (Å²) in [6.45, 7) is 3.89. The Labute approximate surface area is 186 Å². The predicted octanol–water partition coefficient (Wildman–Crippen LogP) is 3.60. The first-order valence-corrected chi connectivity index (χ1v) is 12.3. The number of hydrogen-bond donors (Lipinski definition) is 1. The molecule has 0 unspecified atom stereocenters. The van der Waals surface area contributed by atoms with Gasteiger partial charge in [-0.2, -0.15) is 0 Å². The van der Waals surface area contributed by atoms with Gasteiger partial charge in [0.2, 0.25) is 0 Å². The molecular formula is C22H24N4O3S2. The van der Waals surface area contributed by atoms with Crippen molar-refractivity contribution in [2.24, 2.45) is 0 Å². The molecule has 0 radical (unpaired) electrons. The molecule has 0 saturated heterocycles. The van der Waals surface area contributed by atoms with Crippen molar-refractivity contribution >= 4 is 38.1 Å². The van der Waals surface area contributed by atoms with E-state index < -0.39 is 10.0 Å². The lowest BCUT2D eigenvalue weighted by molar-refractivity contribution is 0.102. The van der Waals surface area contributed by atoms with Crippen LogP contribution in [-0.2, 0) is 23.0 Å². The second kappa shape index (κ2) is 8.78. The Morgan fingerprint density at radius 2 is 1.87 bits per heavy atom. The average molecular weight is 457 g/mol. The van der Waals surface area contributed by atoms with E-state index >= 15 is 0 Å². The van der Waals surface area contributed by atoms with Crippen molar-refractivity contribution < 1.29 is 13.2 Å². The molecule has 3 aromatic rings. The van der Waals surface area contributed by atoms with Gasteiger partial charge in [-0.3, -0.25) is 14.4 Å². The molecule has 1 aromatic heterocycles. The topological polar surface area (TPSA) is 82.6 Å². The molecule has 31 heavy (non-hydrogen) atoms. The van der Waals surface area contributed by atoms with Crippen LogP contribution in [0.1, 0.15) is 27.9 Å². The van der Waals surface area contributed by atoms with Crippen LogP contribution in [-0.4, -0.2) is 44.3 Å². The summed E-state index contributed by atoms with van der Waals surface area (Å²) in [6.07, 6.45) is 0.875. The maximum atomic E-state index is 13.1. The van der Waals surface area contributed by atoms with Gasteiger partial charge in [0.15, 0.2) is 5.13 Å². The third kappa shape index (κ3) is 4.48. The number of hydrogen-bond acceptors (Lipinski definition) is 6. The summed E-state index contributed by atoms with van der Waals surface area (Å²) < 4.78 is 27.5. The summed E-state index contributed by atoms with van der Waals surface area (Å²) in [4.78, 5) is 20.7. The van der Waals surface area contributed by atoms with Gasteiger partial charge >= 0.3 is 0 Å². The summed E-state index contributed by atoms with van der Waals surface area (Å²) in [5, 5.41) is 3.41. The molecule has 0 atom stereocenters. The largest absolute Gasteiger partial charge is 0.301 e. The Kier molecular flexibility index (Phi) is 6.08. The van der Waals surface area contributed by atoms with Gasteiger partial charge in [0, 0.05) is 36.5 Å². The fourth-order valence-corrected chi connectivity index (χ4v) is 6.09. The number of nitrogens with zero attached hydrogens (tertiary/aromatic N) is 3. The van der Waals surface area contributed by atoms with Crippen molar-refractivity contribution in [1.82, 2.24) is 9.88 Å². The zero-order chi connectivity index (χ0) is 22.0. The molecular weight excluding hydrogens is 432 g/mol. The minimum Gasteiger partial charge on any atom is -0.301 e. The molecule has 2 heterocycles. The third-order valence-electron chi connectivity index (χ3n) is 5.18. The molecule has 9 heteroatoms. The number of nitrogens with one attached hydrogen (secondary N) is 1. The van der Waals surface area contributed by atoms with E-state index in [4.69, 9.17) is 0 Å². The molecule has 0 bridgehead atoms. The number of sulfonamides is 1. The number of fused-ring (bicyclic) bond motifs is 1. The van der Waals surface area contributed by atoms with E-state index in [1.165, 1.54) is 44.8 Å². The first kappa shape index (κ1) is 21.5. The summed E-state index contributed by atoms with van der Waals surface area (Å²) in [5.41, 5.74) is 2.03. The summed E-state index contributed by atoms with van der Waals surface area (Å²) >= 11 is 1.49. The first-order valence-electron chi connectivity index (χ1n) is 10.0. The fraction of sp³-hybridized carbons (Fsp3) is 0.273. The molecule has 0 aliphatic carbocycles. The number of likely N-dealkylation sites (N-methyl/N-ethyl adjacent to an activating group) is 1. The first-order chi connectivity index (χ1) is 14.9. The number of anilines is 2. The zero-order valence-electron chi connectivity index (χ0n) is 17.4. The van der Waals surface area contributed by atoms with E-state index in [1.54, 1.807) is 31.2 Å². The highest BCUT2D eigenvalue weighted by Gasteiger charge is 2.24. The van der Waals surface area contributed by atoms with Crippen LogP contribution < -0.4 is 9.62 Å². The molecule has 0 spiro atoms. The lowest BCUT2D eigenvalue weighted by atomic mass is 10.2. The van der Waals surface area contributed by atoms with E-state index in [0.29, 0.717) is 22.9 Å². The van der Waals surface area contributed by atoms with Gasteiger partial charge in [0.25, 0.3) is 15.9 Å². The quantitative estimate of drug-likeness (QED) is 0.613. The van der Waals surface area contributed by atoms with Gasteiger partial charge in [-0.25, -0.2) is 13.4 Å². The number of amides is 1. The smallest absolute Gasteiger partial charge is 0.264 e. The highest BCUT2D eigenvalue weighted by molar-refractivity contribution is 7.92. The highest BCUT2D eigenvalue weighted by atomic mass is 32.2. The van der Waals surface area contributed by atoms with E-state index in [1.807, 2.05) is 6.07 Å². The second-order valence-electron chi connectivity index (χ2n) is 7.36. The SMILES string of the molecule is CCN(c1ccccc1)S(=O)(=O)c1ccc(C(=O)Nc2nc3c(s2)CN(C)CC3)cc1. The Balaban J connectivity index is 1.50. The number of rotatable bonds is 6. The molecule has 4 rings (SSSR count). The van der Waals surface area contributed by atoms with E-state index in [-0.39, 0.29) is 10.8 Å². The van der Waals surface area contributed by atoms with Gasteiger partial charge < -0.3 is 4.90 Å². The standard InChI is InChI=1S/C22H24N4O3S2/c1-3-26(17-7-5-4-6-8-17)31(28,29)18-11-9-16(10-12-18)21(27)24-22-23-19-13-14-25(2)15-20(19)30-22/h4-12H,3,13-15H2,1-2H3,(H,23,24,27). The lowest BCUT2D eigenvalue weighted by Gasteiger charge is -2.22. The number of benzene rings is 2. The van der Waals surface area contributed by atoms with Gasteiger partial charge in [-0.15, -0.1) is 11.3 Å². The van der Waals surface area contributed by atoms with Crippen molar-refractivity contribution in [3.05, 3.63) is 70.7 Å². The zero-order valence-corrected chi connectivity index (χ0v) is 19.0. The Morgan fingerprint density at radius 3 is 2.55 bits per heavy atom. The van der Waals surface area contributed by atoms with Crippen molar-refractivity contribution in [1.29, 1.82) is 0 Å². The maximum Gasteiger partial charge on any atom is 0.264 e. The van der Waals surface area contributed by atoms with Crippen LogP contribution in [0.5, 0.6) is 0 Å². The van der Waals surface area contributed by atoms with E-state index in [2.05, 4.69) is 22.2 Å². The van der Waals surface area contributed by atoms with Gasteiger partial charge in [0.05, 0.1) is 16.3 Å². The molecule has 1 N–H and O–H groups in total. The molecule has 1 aliphatic rings. The van der Waals surface area contributed by atoms with Gasteiger partial charge in [-0.05, 0) is 50.4 Å². The minimum absolute atomic E-state index is 0.141. The van der Waals surface area contributed by atoms with Crippen LogP contribution in [0.15, 0.2) is 59.5 Å². The van der Waals surface area contributed by atoms with Crippen LogP contribution in [0.3, 0.4) is 0 Å². The predicted molar refractivity (Wildman–Crippen MR) is 123 cm³/mol. The van der Waals surface area contributed by atoms with Crippen molar-refractivity contribution in [3.63, 3.8) is 0 Å². The number of thiazole rings is 1. The molecule has 2 aromatic carbocycles. The van der Waals surface area contributed by atoms with Crippen LogP contribution in [0.25, 0.3) is 0 Å². The van der Waals surface area contributed by atoms with Crippen LogP contribution >= 0.6 is 11.3 Å². The Morgan fingerprint density at radius 1 is 1.16 bits per heavy atom. The third-order valence-corrected chi connectivity index (χ3v) is 8.09. The molecule has 0 saturated carbocycles. The van der Waals surface area contributed by atoms with Crippen LogP contribution in [0.2, 0.25) is 0 Å². The number of carbonyl (C=O) groups is 1. The molecule has 7 nitrogen and oxygen atoms in total. The summed E-state index contributed by atoms with van der Waals surface area (Å²) in [5.74, 6) is -0.307.